The summed E-state index contributed by atoms with van der Waals surface area (Å²) in [5.74, 6) is 1.48. The molecule has 1 aromatic carbocycles. The van der Waals surface area contributed by atoms with Crippen molar-refractivity contribution >= 4 is 11.4 Å². The van der Waals surface area contributed by atoms with Crippen LogP contribution in [-0.2, 0) is 0 Å². The van der Waals surface area contributed by atoms with Gasteiger partial charge in [-0.3, -0.25) is 0 Å². The molecule has 0 aliphatic carbocycles. The van der Waals surface area contributed by atoms with E-state index in [1.807, 2.05) is 6.07 Å². The maximum absolute atomic E-state index is 5.94. The van der Waals surface area contributed by atoms with Gasteiger partial charge in [-0.05, 0) is 13.8 Å². The second-order valence-electron chi connectivity index (χ2n) is 4.25. The molecule has 0 radical (unpaired) electrons. The van der Waals surface area contributed by atoms with Gasteiger partial charge in [0.15, 0.2) is 11.5 Å². The molecular formula is C13H18N2O2. The average Bonchev–Trinajstić information content (AvgIpc) is 2.29. The van der Waals surface area contributed by atoms with Crippen LogP contribution in [0.2, 0.25) is 0 Å². The Hall–Kier alpha value is -1.84. The van der Waals surface area contributed by atoms with E-state index in [0.29, 0.717) is 18.9 Å². The summed E-state index contributed by atoms with van der Waals surface area (Å²) in [6.07, 6.45) is 2.11. The number of anilines is 2. The SMILES string of the molecule is CC(C)=CCNc1cc2c(cc1N)OCCO2. The van der Waals surface area contributed by atoms with Crippen LogP contribution in [0.25, 0.3) is 0 Å². The lowest BCUT2D eigenvalue weighted by atomic mass is 10.2. The zero-order chi connectivity index (χ0) is 12.3. The molecular weight excluding hydrogens is 216 g/mol. The van der Waals surface area contributed by atoms with Crippen molar-refractivity contribution in [2.75, 3.05) is 30.8 Å². The first kappa shape index (κ1) is 11.6. The van der Waals surface area contributed by atoms with Crippen LogP contribution in [0, 0.1) is 0 Å². The molecule has 3 N–H and O–H groups in total. The predicted molar refractivity (Wildman–Crippen MR) is 69.8 cm³/mol. The van der Waals surface area contributed by atoms with Crippen LogP contribution in [0.15, 0.2) is 23.8 Å². The molecule has 0 saturated carbocycles. The zero-order valence-electron chi connectivity index (χ0n) is 10.2. The molecule has 0 unspecified atom stereocenters. The fourth-order valence-electron chi connectivity index (χ4n) is 1.62. The molecule has 1 heterocycles. The van der Waals surface area contributed by atoms with Gasteiger partial charge in [0.05, 0.1) is 11.4 Å². The minimum atomic E-state index is 0.580. The van der Waals surface area contributed by atoms with Crippen LogP contribution in [0.1, 0.15) is 13.8 Å². The molecule has 4 nitrogen and oxygen atoms in total. The molecule has 0 spiro atoms. The second-order valence-corrected chi connectivity index (χ2v) is 4.25. The molecule has 2 rings (SSSR count). The average molecular weight is 234 g/mol. The molecule has 0 saturated heterocycles. The number of nitrogens with two attached hydrogens (primary N) is 1. The third kappa shape index (κ3) is 2.84. The van der Waals surface area contributed by atoms with E-state index in [0.717, 1.165) is 23.7 Å². The third-order valence-electron chi connectivity index (χ3n) is 2.52. The van der Waals surface area contributed by atoms with Crippen molar-refractivity contribution in [2.45, 2.75) is 13.8 Å². The molecule has 1 aliphatic heterocycles. The van der Waals surface area contributed by atoms with Gasteiger partial charge in [-0.1, -0.05) is 11.6 Å². The van der Waals surface area contributed by atoms with Crippen LogP contribution in [-0.4, -0.2) is 19.8 Å². The molecule has 0 fully saturated rings. The van der Waals surface area contributed by atoms with Gasteiger partial charge >= 0.3 is 0 Å². The zero-order valence-corrected chi connectivity index (χ0v) is 10.2. The molecule has 92 valence electrons. The Bertz CT molecular complexity index is 437. The Morgan fingerprint density at radius 3 is 2.59 bits per heavy atom. The summed E-state index contributed by atoms with van der Waals surface area (Å²) in [6, 6.07) is 3.70. The number of allylic oxidation sites excluding steroid dienone is 1. The summed E-state index contributed by atoms with van der Waals surface area (Å²) in [6.45, 7) is 6.05. The number of fused-ring (bicyclic) bond motifs is 1. The van der Waals surface area contributed by atoms with Crippen LogP contribution in [0.5, 0.6) is 11.5 Å². The normalized spacial score (nSPS) is 13.1. The Labute approximate surface area is 101 Å². The van der Waals surface area contributed by atoms with E-state index in [4.69, 9.17) is 15.2 Å². The molecule has 0 amide bonds. The quantitative estimate of drug-likeness (QED) is 0.623. The minimum Gasteiger partial charge on any atom is -0.486 e. The van der Waals surface area contributed by atoms with E-state index in [2.05, 4.69) is 25.2 Å². The van der Waals surface area contributed by atoms with Crippen LogP contribution in [0.4, 0.5) is 11.4 Å². The Kier molecular flexibility index (Phi) is 3.42. The van der Waals surface area contributed by atoms with E-state index in [1.54, 1.807) is 6.07 Å². The summed E-state index contributed by atoms with van der Waals surface area (Å²) >= 11 is 0. The fraction of sp³-hybridized carbons (Fsp3) is 0.385. The van der Waals surface area contributed by atoms with E-state index in [1.165, 1.54) is 5.57 Å². The van der Waals surface area contributed by atoms with Gasteiger partial charge in [-0.25, -0.2) is 0 Å². The lowest BCUT2D eigenvalue weighted by Crippen LogP contribution is -2.16. The van der Waals surface area contributed by atoms with Crippen molar-refractivity contribution in [3.63, 3.8) is 0 Å². The van der Waals surface area contributed by atoms with Crippen molar-refractivity contribution in [2.24, 2.45) is 0 Å². The molecule has 17 heavy (non-hydrogen) atoms. The van der Waals surface area contributed by atoms with Gasteiger partial charge in [0.1, 0.15) is 13.2 Å². The van der Waals surface area contributed by atoms with E-state index < -0.39 is 0 Å². The van der Waals surface area contributed by atoms with Crippen molar-refractivity contribution < 1.29 is 9.47 Å². The Balaban J connectivity index is 2.14. The smallest absolute Gasteiger partial charge is 0.163 e. The van der Waals surface area contributed by atoms with Gasteiger partial charge in [0.25, 0.3) is 0 Å². The summed E-state index contributed by atoms with van der Waals surface area (Å²) in [5, 5.41) is 3.26. The highest BCUT2D eigenvalue weighted by atomic mass is 16.6. The third-order valence-corrected chi connectivity index (χ3v) is 2.52. The van der Waals surface area contributed by atoms with E-state index in [9.17, 15) is 0 Å². The van der Waals surface area contributed by atoms with Crippen LogP contribution >= 0.6 is 0 Å². The molecule has 4 heteroatoms. The standard InChI is InChI=1S/C13H18N2O2/c1-9(2)3-4-15-11-8-13-12(7-10(11)14)16-5-6-17-13/h3,7-8,15H,4-6,14H2,1-2H3. The maximum Gasteiger partial charge on any atom is 0.163 e. The highest BCUT2D eigenvalue weighted by molar-refractivity contribution is 5.72. The Morgan fingerprint density at radius 1 is 1.29 bits per heavy atom. The molecule has 0 aromatic heterocycles. The molecule has 0 bridgehead atoms. The summed E-state index contributed by atoms with van der Waals surface area (Å²) < 4.78 is 11.0. The summed E-state index contributed by atoms with van der Waals surface area (Å²) in [5.41, 5.74) is 8.77. The largest absolute Gasteiger partial charge is 0.486 e. The first-order valence-electron chi connectivity index (χ1n) is 5.73. The first-order valence-corrected chi connectivity index (χ1v) is 5.73. The highest BCUT2D eigenvalue weighted by Gasteiger charge is 2.14. The Morgan fingerprint density at radius 2 is 1.94 bits per heavy atom. The summed E-state index contributed by atoms with van der Waals surface area (Å²) in [4.78, 5) is 0. The number of nitrogen functional groups attached to an aromatic ring is 1. The van der Waals surface area contributed by atoms with Gasteiger partial charge in [-0.2, -0.15) is 0 Å². The van der Waals surface area contributed by atoms with E-state index >= 15 is 0 Å². The molecule has 1 aliphatic rings. The number of ether oxygens (including phenoxy) is 2. The molecule has 0 atom stereocenters. The van der Waals surface area contributed by atoms with Gasteiger partial charge in [0, 0.05) is 18.7 Å². The van der Waals surface area contributed by atoms with Gasteiger partial charge in [-0.15, -0.1) is 0 Å². The topological polar surface area (TPSA) is 56.5 Å². The molecule has 1 aromatic rings. The number of hydrogen-bond donors (Lipinski definition) is 2. The van der Waals surface area contributed by atoms with Crippen LogP contribution in [0.3, 0.4) is 0 Å². The minimum absolute atomic E-state index is 0.580. The van der Waals surface area contributed by atoms with Gasteiger partial charge < -0.3 is 20.5 Å². The number of benzene rings is 1. The number of nitrogens with one attached hydrogen (secondary N) is 1. The van der Waals surface area contributed by atoms with E-state index in [-0.39, 0.29) is 0 Å². The fourth-order valence-corrected chi connectivity index (χ4v) is 1.62. The summed E-state index contributed by atoms with van der Waals surface area (Å²) in [7, 11) is 0. The number of hydrogen-bond acceptors (Lipinski definition) is 4. The maximum atomic E-state index is 5.94. The second kappa shape index (κ2) is 4.99. The highest BCUT2D eigenvalue weighted by Crippen LogP contribution is 2.36. The predicted octanol–water partition coefficient (Wildman–Crippen LogP) is 2.42. The lowest BCUT2D eigenvalue weighted by molar-refractivity contribution is 0.172. The van der Waals surface area contributed by atoms with Crippen molar-refractivity contribution in [3.05, 3.63) is 23.8 Å². The number of rotatable bonds is 3. The van der Waals surface area contributed by atoms with Crippen molar-refractivity contribution in [1.82, 2.24) is 0 Å². The van der Waals surface area contributed by atoms with Crippen molar-refractivity contribution in [3.8, 4) is 11.5 Å². The monoisotopic (exact) mass is 234 g/mol. The first-order chi connectivity index (χ1) is 8.16. The lowest BCUT2D eigenvalue weighted by Gasteiger charge is -2.20. The van der Waals surface area contributed by atoms with Gasteiger partial charge in [0.2, 0.25) is 0 Å². The van der Waals surface area contributed by atoms with Crippen LogP contribution < -0.4 is 20.5 Å². The van der Waals surface area contributed by atoms with Crippen molar-refractivity contribution in [1.29, 1.82) is 0 Å².